The van der Waals surface area contributed by atoms with Crippen LogP contribution in [0, 0.1) is 5.92 Å². The number of rotatable bonds is 3. The number of aliphatic hydroxyl groups is 1. The molecule has 1 fully saturated rings. The summed E-state index contributed by atoms with van der Waals surface area (Å²) >= 11 is 0. The van der Waals surface area contributed by atoms with Gasteiger partial charge in [-0.2, -0.15) is 0 Å². The van der Waals surface area contributed by atoms with Gasteiger partial charge in [-0.3, -0.25) is 0 Å². The number of hydrogen-bond donors (Lipinski definition) is 2. The van der Waals surface area contributed by atoms with E-state index in [0.29, 0.717) is 5.92 Å². The van der Waals surface area contributed by atoms with Crippen LogP contribution in [-0.4, -0.2) is 29.8 Å². The second-order valence-electron chi connectivity index (χ2n) is 4.52. The molecule has 0 spiro atoms. The highest BCUT2D eigenvalue weighted by Crippen LogP contribution is 2.22. The highest BCUT2D eigenvalue weighted by Gasteiger charge is 2.22. The van der Waals surface area contributed by atoms with Crippen molar-refractivity contribution in [3.05, 3.63) is 23.9 Å². The van der Waals surface area contributed by atoms with Crippen molar-refractivity contribution in [2.75, 3.05) is 24.6 Å². The van der Waals surface area contributed by atoms with Crippen molar-refractivity contribution in [1.29, 1.82) is 0 Å². The molecule has 1 aromatic heterocycles. The Morgan fingerprint density at radius 2 is 2.44 bits per heavy atom. The monoisotopic (exact) mass is 221 g/mol. The van der Waals surface area contributed by atoms with Gasteiger partial charge in [0, 0.05) is 37.9 Å². The average Bonchev–Trinajstić information content (AvgIpc) is 2.77. The van der Waals surface area contributed by atoms with Crippen LogP contribution >= 0.6 is 0 Å². The molecule has 0 saturated carbocycles. The van der Waals surface area contributed by atoms with E-state index in [1.54, 1.807) is 0 Å². The minimum Gasteiger partial charge on any atom is -0.396 e. The molecule has 1 aliphatic heterocycles. The van der Waals surface area contributed by atoms with Crippen LogP contribution in [0.5, 0.6) is 0 Å². The van der Waals surface area contributed by atoms with Crippen molar-refractivity contribution in [3.8, 4) is 0 Å². The molecule has 2 rings (SSSR count). The van der Waals surface area contributed by atoms with Gasteiger partial charge in [0.2, 0.25) is 0 Å². The molecule has 4 nitrogen and oxygen atoms in total. The molecule has 2 atom stereocenters. The van der Waals surface area contributed by atoms with E-state index in [9.17, 15) is 0 Å². The van der Waals surface area contributed by atoms with Gasteiger partial charge in [0.1, 0.15) is 5.82 Å². The Kier molecular flexibility index (Phi) is 3.41. The van der Waals surface area contributed by atoms with Gasteiger partial charge in [-0.05, 0) is 25.0 Å². The molecule has 0 bridgehead atoms. The molecule has 0 aromatic carbocycles. The topological polar surface area (TPSA) is 62.4 Å². The fourth-order valence-electron chi connectivity index (χ4n) is 2.04. The fourth-order valence-corrected chi connectivity index (χ4v) is 2.04. The highest BCUT2D eigenvalue weighted by molar-refractivity contribution is 5.40. The first kappa shape index (κ1) is 11.4. The third-order valence-electron chi connectivity index (χ3n) is 3.16. The number of aliphatic hydroxyl groups excluding tert-OH is 1. The zero-order valence-corrected chi connectivity index (χ0v) is 9.63. The number of nitrogens with two attached hydrogens (primary N) is 1. The largest absolute Gasteiger partial charge is 0.396 e. The van der Waals surface area contributed by atoms with Crippen LogP contribution in [0.4, 0.5) is 5.82 Å². The maximum atomic E-state index is 9.08. The lowest BCUT2D eigenvalue weighted by molar-refractivity contribution is 0.238. The molecule has 1 aromatic rings. The number of aromatic nitrogens is 1. The van der Waals surface area contributed by atoms with Gasteiger partial charge >= 0.3 is 0 Å². The Morgan fingerprint density at radius 3 is 2.94 bits per heavy atom. The van der Waals surface area contributed by atoms with Crippen LogP contribution in [0.3, 0.4) is 0 Å². The van der Waals surface area contributed by atoms with E-state index in [0.717, 1.165) is 30.9 Å². The standard InChI is InChI=1S/C12H19N3O/c1-9(13)11-2-3-12(14-6-11)15-5-4-10(7-15)8-16/h2-3,6,9-10,16H,4-5,7-8,13H2,1H3/t9-,10?/m0/s1. The van der Waals surface area contributed by atoms with Crippen molar-refractivity contribution >= 4 is 5.82 Å². The second-order valence-corrected chi connectivity index (χ2v) is 4.52. The van der Waals surface area contributed by atoms with Gasteiger partial charge in [0.15, 0.2) is 0 Å². The minimum atomic E-state index is 0.0327. The van der Waals surface area contributed by atoms with Crippen LogP contribution in [0.25, 0.3) is 0 Å². The van der Waals surface area contributed by atoms with E-state index in [4.69, 9.17) is 10.8 Å². The van der Waals surface area contributed by atoms with Crippen LogP contribution in [-0.2, 0) is 0 Å². The minimum absolute atomic E-state index is 0.0327. The van der Waals surface area contributed by atoms with Gasteiger partial charge < -0.3 is 15.7 Å². The summed E-state index contributed by atoms with van der Waals surface area (Å²) in [4.78, 5) is 6.63. The van der Waals surface area contributed by atoms with Crippen molar-refractivity contribution in [2.45, 2.75) is 19.4 Å². The first-order valence-electron chi connectivity index (χ1n) is 5.78. The molecule has 88 valence electrons. The zero-order chi connectivity index (χ0) is 11.5. The van der Waals surface area contributed by atoms with E-state index in [1.165, 1.54) is 0 Å². The average molecular weight is 221 g/mol. The zero-order valence-electron chi connectivity index (χ0n) is 9.63. The van der Waals surface area contributed by atoms with Gasteiger partial charge in [-0.1, -0.05) is 6.07 Å². The second kappa shape index (κ2) is 4.80. The molecule has 1 unspecified atom stereocenters. The molecule has 0 amide bonds. The summed E-state index contributed by atoms with van der Waals surface area (Å²) in [5, 5.41) is 9.08. The molecular weight excluding hydrogens is 202 g/mol. The Labute approximate surface area is 96.1 Å². The van der Waals surface area contributed by atoms with E-state index in [2.05, 4.69) is 9.88 Å². The Bertz CT molecular complexity index is 337. The Hall–Kier alpha value is -1.13. The van der Waals surface area contributed by atoms with Gasteiger partial charge in [0.05, 0.1) is 0 Å². The molecular formula is C12H19N3O. The van der Waals surface area contributed by atoms with E-state index < -0.39 is 0 Å². The van der Waals surface area contributed by atoms with Gasteiger partial charge in [0.25, 0.3) is 0 Å². The third-order valence-corrected chi connectivity index (χ3v) is 3.16. The molecule has 4 heteroatoms. The first-order chi connectivity index (χ1) is 7.70. The number of nitrogens with zero attached hydrogens (tertiary/aromatic N) is 2. The van der Waals surface area contributed by atoms with Crippen molar-refractivity contribution in [3.63, 3.8) is 0 Å². The predicted octanol–water partition coefficient (Wildman–Crippen LogP) is 0.920. The quantitative estimate of drug-likeness (QED) is 0.796. The van der Waals surface area contributed by atoms with E-state index in [-0.39, 0.29) is 12.6 Å². The molecule has 1 saturated heterocycles. The van der Waals surface area contributed by atoms with Crippen molar-refractivity contribution in [1.82, 2.24) is 4.98 Å². The van der Waals surface area contributed by atoms with Gasteiger partial charge in [-0.25, -0.2) is 4.98 Å². The summed E-state index contributed by atoms with van der Waals surface area (Å²) in [5.74, 6) is 1.38. The lowest BCUT2D eigenvalue weighted by Gasteiger charge is -2.17. The van der Waals surface area contributed by atoms with E-state index in [1.807, 2.05) is 25.3 Å². The highest BCUT2D eigenvalue weighted by atomic mass is 16.3. The normalized spacial score (nSPS) is 22.4. The number of pyridine rings is 1. The SMILES string of the molecule is C[C@H](N)c1ccc(N2CCC(CO)C2)nc1. The summed E-state index contributed by atoms with van der Waals surface area (Å²) in [7, 11) is 0. The van der Waals surface area contributed by atoms with Crippen molar-refractivity contribution in [2.24, 2.45) is 11.7 Å². The maximum Gasteiger partial charge on any atom is 0.128 e. The maximum absolute atomic E-state index is 9.08. The Morgan fingerprint density at radius 1 is 1.62 bits per heavy atom. The lowest BCUT2D eigenvalue weighted by Crippen LogP contribution is -2.21. The first-order valence-corrected chi connectivity index (χ1v) is 5.78. The van der Waals surface area contributed by atoms with Crippen molar-refractivity contribution < 1.29 is 5.11 Å². The number of hydrogen-bond acceptors (Lipinski definition) is 4. The summed E-state index contributed by atoms with van der Waals surface area (Å²) in [6.45, 7) is 4.11. The number of anilines is 1. The van der Waals surface area contributed by atoms with Crippen LogP contribution < -0.4 is 10.6 Å². The molecule has 3 N–H and O–H groups in total. The fraction of sp³-hybridized carbons (Fsp3) is 0.583. The third kappa shape index (κ3) is 2.33. The van der Waals surface area contributed by atoms with Crippen LogP contribution in [0.1, 0.15) is 24.9 Å². The Balaban J connectivity index is 2.05. The molecule has 2 heterocycles. The van der Waals surface area contributed by atoms with Gasteiger partial charge in [-0.15, -0.1) is 0 Å². The smallest absolute Gasteiger partial charge is 0.128 e. The molecule has 0 aliphatic carbocycles. The van der Waals surface area contributed by atoms with Crippen LogP contribution in [0.15, 0.2) is 18.3 Å². The van der Waals surface area contributed by atoms with E-state index >= 15 is 0 Å². The lowest BCUT2D eigenvalue weighted by atomic mass is 10.1. The molecule has 16 heavy (non-hydrogen) atoms. The summed E-state index contributed by atoms with van der Waals surface area (Å²) in [5.41, 5.74) is 6.83. The van der Waals surface area contributed by atoms with Crippen LogP contribution in [0.2, 0.25) is 0 Å². The predicted molar refractivity (Wildman–Crippen MR) is 64.2 cm³/mol. The summed E-state index contributed by atoms with van der Waals surface area (Å²) < 4.78 is 0. The summed E-state index contributed by atoms with van der Waals surface area (Å²) in [6, 6.07) is 4.07. The summed E-state index contributed by atoms with van der Waals surface area (Å²) in [6.07, 6.45) is 2.89. The molecule has 1 aliphatic rings. The molecule has 0 radical (unpaired) electrons.